The van der Waals surface area contributed by atoms with Gasteiger partial charge in [0.25, 0.3) is 5.91 Å². The fourth-order valence-electron chi connectivity index (χ4n) is 4.24. The lowest BCUT2D eigenvalue weighted by atomic mass is 9.97. The van der Waals surface area contributed by atoms with Crippen LogP contribution in [-0.4, -0.2) is 89.5 Å². The molecule has 0 spiro atoms. The minimum absolute atomic E-state index is 0.0792. The van der Waals surface area contributed by atoms with Gasteiger partial charge in [0.15, 0.2) is 5.82 Å². The van der Waals surface area contributed by atoms with Crippen LogP contribution >= 0.6 is 0 Å². The van der Waals surface area contributed by atoms with Crippen LogP contribution in [0, 0.1) is 5.92 Å². The summed E-state index contributed by atoms with van der Waals surface area (Å²) >= 11 is 0. The van der Waals surface area contributed by atoms with Crippen LogP contribution in [0.3, 0.4) is 0 Å². The summed E-state index contributed by atoms with van der Waals surface area (Å²) in [6, 6.07) is -0.618. The first kappa shape index (κ1) is 30.6. The van der Waals surface area contributed by atoms with Gasteiger partial charge in [-0.3, -0.25) is 33.7 Å². The number of nitrogens with one attached hydrogen (secondary N) is 4. The van der Waals surface area contributed by atoms with E-state index in [4.69, 9.17) is 5.11 Å². The number of amides is 4. The van der Waals surface area contributed by atoms with Gasteiger partial charge >= 0.3 is 11.9 Å². The molecule has 6 N–H and O–H groups in total. The summed E-state index contributed by atoms with van der Waals surface area (Å²) in [5.41, 5.74) is 0.559. The zero-order valence-corrected chi connectivity index (χ0v) is 22.4. The zero-order chi connectivity index (χ0) is 30.1. The number of nitrogens with zero attached hydrogens (tertiary/aromatic N) is 5. The average molecular weight is 574 g/mol. The second kappa shape index (κ2) is 13.9. The molecule has 0 bridgehead atoms. The third-order valence-corrected chi connectivity index (χ3v) is 6.54. The van der Waals surface area contributed by atoms with Crippen LogP contribution in [0.15, 0.2) is 18.3 Å². The number of carbonyl (C=O) groups is 6. The second-order valence-electron chi connectivity index (χ2n) is 9.44. The molecule has 0 saturated heterocycles. The highest BCUT2D eigenvalue weighted by Crippen LogP contribution is 2.31. The van der Waals surface area contributed by atoms with Crippen LogP contribution in [0.25, 0.3) is 0 Å². The van der Waals surface area contributed by atoms with Crippen LogP contribution in [-0.2, 0) is 41.7 Å². The molecule has 0 fully saturated rings. The predicted molar refractivity (Wildman–Crippen MR) is 138 cm³/mol. The highest BCUT2D eigenvalue weighted by atomic mass is 16.4. The summed E-state index contributed by atoms with van der Waals surface area (Å²) in [7, 11) is 0. The maximum Gasteiger partial charge on any atom is 0.305 e. The number of aromatic amines is 1. The zero-order valence-electron chi connectivity index (χ0n) is 22.4. The topological polar surface area (TPSA) is 250 Å². The van der Waals surface area contributed by atoms with Crippen LogP contribution in [0.1, 0.15) is 50.9 Å². The average Bonchev–Trinajstić information content (AvgIpc) is 3.60. The molecule has 3 rings (SSSR count). The van der Waals surface area contributed by atoms with Gasteiger partial charge in [0.05, 0.1) is 19.4 Å². The number of aromatic nitrogens is 5. The smallest absolute Gasteiger partial charge is 0.305 e. The Kier molecular flexibility index (Phi) is 10.4. The van der Waals surface area contributed by atoms with E-state index in [1.54, 1.807) is 26.0 Å². The number of carboxylic acids is 2. The third kappa shape index (κ3) is 8.02. The number of carboxylic acid groups (broad SMARTS) is 2. The van der Waals surface area contributed by atoms with Crippen LogP contribution in [0.4, 0.5) is 5.82 Å². The molecule has 1 aliphatic rings. The molecule has 0 saturated carbocycles. The van der Waals surface area contributed by atoms with E-state index in [2.05, 4.69) is 41.6 Å². The molecule has 4 amide bonds. The van der Waals surface area contributed by atoms with E-state index in [0.29, 0.717) is 12.0 Å². The summed E-state index contributed by atoms with van der Waals surface area (Å²) in [4.78, 5) is 80.4. The van der Waals surface area contributed by atoms with Crippen molar-refractivity contribution in [3.05, 3.63) is 29.7 Å². The number of anilines is 1. The highest BCUT2D eigenvalue weighted by Gasteiger charge is 2.43. The third-order valence-electron chi connectivity index (χ3n) is 6.54. The lowest BCUT2D eigenvalue weighted by Crippen LogP contribution is -2.59. The Labute approximate surface area is 233 Å². The molecule has 17 nitrogen and oxygen atoms in total. The predicted octanol–water partition coefficient (Wildman–Crippen LogP) is -1.48. The normalized spacial score (nSPS) is 16.1. The Morgan fingerprint density at radius 3 is 2.51 bits per heavy atom. The molecule has 0 aliphatic carbocycles. The molecule has 17 heteroatoms. The number of pyridine rings is 1. The number of hydrogen-bond donors (Lipinski definition) is 6. The van der Waals surface area contributed by atoms with Gasteiger partial charge in [-0.05, 0) is 17.5 Å². The standard InChI is InChI=1S/C24H31N9O8/c1-3-12(2)20(28-17(34)6-7-18(35)36)23(40)27-14(10-19(37)38)24(41)33-15(9-13-5-4-8-25-21(13)33)22(39)26-11-16-29-31-32-30-16/h4-5,8,12,14-15,20H,3,6-7,9-11H2,1-2H3,(H,26,39)(H,27,40)(H,28,34)(H,35,36)(H,37,38)(H,29,30,31,32)/t12-,14-,15-,20-/m0/s1. The second-order valence-corrected chi connectivity index (χ2v) is 9.44. The van der Waals surface area contributed by atoms with Crippen molar-refractivity contribution < 1.29 is 39.0 Å². The highest BCUT2D eigenvalue weighted by molar-refractivity contribution is 6.07. The summed E-state index contributed by atoms with van der Waals surface area (Å²) in [6.07, 6.45) is 0.286. The lowest BCUT2D eigenvalue weighted by Gasteiger charge is -2.30. The van der Waals surface area contributed by atoms with Gasteiger partial charge in [0.1, 0.15) is 23.9 Å². The molecule has 0 unspecified atom stereocenters. The van der Waals surface area contributed by atoms with Crippen LogP contribution in [0.5, 0.6) is 0 Å². The minimum Gasteiger partial charge on any atom is -0.481 e. The first-order valence-electron chi connectivity index (χ1n) is 12.8. The molecule has 1 aliphatic heterocycles. The summed E-state index contributed by atoms with van der Waals surface area (Å²) < 4.78 is 0. The van der Waals surface area contributed by atoms with Crippen LogP contribution < -0.4 is 20.9 Å². The molecule has 220 valence electrons. The Hall–Kier alpha value is -4.96. The van der Waals surface area contributed by atoms with E-state index < -0.39 is 72.5 Å². The largest absolute Gasteiger partial charge is 0.481 e. The molecule has 41 heavy (non-hydrogen) atoms. The van der Waals surface area contributed by atoms with Gasteiger partial charge in [0.2, 0.25) is 17.7 Å². The van der Waals surface area contributed by atoms with Crippen molar-refractivity contribution in [3.8, 4) is 0 Å². The van der Waals surface area contributed by atoms with E-state index in [0.717, 1.165) is 4.90 Å². The Balaban J connectivity index is 1.84. The molecule has 4 atom stereocenters. The quantitative estimate of drug-likeness (QED) is 0.151. The van der Waals surface area contributed by atoms with Gasteiger partial charge in [-0.25, -0.2) is 4.98 Å². The first-order chi connectivity index (χ1) is 19.5. The van der Waals surface area contributed by atoms with E-state index in [1.807, 2.05) is 0 Å². The summed E-state index contributed by atoms with van der Waals surface area (Å²) in [5, 5.41) is 39.1. The fourth-order valence-corrected chi connectivity index (χ4v) is 4.24. The molecule has 0 radical (unpaired) electrons. The molecule has 0 aromatic carbocycles. The van der Waals surface area contributed by atoms with Gasteiger partial charge in [0, 0.05) is 19.0 Å². The maximum atomic E-state index is 13.8. The molecule has 3 heterocycles. The van der Waals surface area contributed by atoms with E-state index >= 15 is 0 Å². The van der Waals surface area contributed by atoms with Crippen molar-refractivity contribution in [1.29, 1.82) is 0 Å². The minimum atomic E-state index is -1.62. The van der Waals surface area contributed by atoms with Gasteiger partial charge in [-0.15, -0.1) is 10.2 Å². The molecular weight excluding hydrogens is 542 g/mol. The SMILES string of the molecule is CC[C@H](C)[C@H](NC(=O)CCC(=O)O)C(=O)N[C@@H](CC(=O)O)C(=O)N1c2ncccc2C[C@H]1C(=O)NCc1nn[nH]n1. The van der Waals surface area contributed by atoms with Gasteiger partial charge in [-0.2, -0.15) is 5.21 Å². The molecule has 2 aromatic rings. The number of fused-ring (bicyclic) bond motifs is 1. The molecular formula is C24H31N9O8. The number of aliphatic carboxylic acids is 2. The number of H-pyrrole nitrogens is 1. The van der Waals surface area contributed by atoms with Crippen LogP contribution in [0.2, 0.25) is 0 Å². The Morgan fingerprint density at radius 2 is 1.88 bits per heavy atom. The van der Waals surface area contributed by atoms with E-state index in [9.17, 15) is 33.9 Å². The van der Waals surface area contributed by atoms with Crippen molar-refractivity contribution in [2.45, 2.75) is 70.6 Å². The molecule has 2 aromatic heterocycles. The monoisotopic (exact) mass is 573 g/mol. The van der Waals surface area contributed by atoms with E-state index in [1.165, 1.54) is 6.20 Å². The van der Waals surface area contributed by atoms with Crippen molar-refractivity contribution in [3.63, 3.8) is 0 Å². The number of carbonyl (C=O) groups excluding carboxylic acids is 4. The van der Waals surface area contributed by atoms with Gasteiger partial charge < -0.3 is 26.2 Å². The Bertz CT molecular complexity index is 1290. The lowest BCUT2D eigenvalue weighted by molar-refractivity contribution is -0.141. The summed E-state index contributed by atoms with van der Waals surface area (Å²) in [5.74, 6) is -5.69. The Morgan fingerprint density at radius 1 is 1.12 bits per heavy atom. The fraction of sp³-hybridized carbons (Fsp3) is 0.500. The van der Waals surface area contributed by atoms with Crippen molar-refractivity contribution in [1.82, 2.24) is 41.6 Å². The first-order valence-corrected chi connectivity index (χ1v) is 12.8. The van der Waals surface area contributed by atoms with Crippen molar-refractivity contribution >= 4 is 41.4 Å². The van der Waals surface area contributed by atoms with E-state index in [-0.39, 0.29) is 31.0 Å². The maximum absolute atomic E-state index is 13.8. The van der Waals surface area contributed by atoms with Gasteiger partial charge in [-0.1, -0.05) is 31.5 Å². The van der Waals surface area contributed by atoms with Crippen molar-refractivity contribution in [2.75, 3.05) is 4.90 Å². The number of hydrogen-bond acceptors (Lipinski definition) is 10. The summed E-state index contributed by atoms with van der Waals surface area (Å²) in [6.45, 7) is 3.34. The van der Waals surface area contributed by atoms with Crippen molar-refractivity contribution in [2.24, 2.45) is 5.92 Å². The number of rotatable bonds is 14. The number of tetrazole rings is 1.